The highest BCUT2D eigenvalue weighted by molar-refractivity contribution is 6.18. The van der Waals surface area contributed by atoms with Crippen LogP contribution in [-0.2, 0) is 0 Å². The third-order valence-corrected chi connectivity index (χ3v) is 0.610. The summed E-state index contributed by atoms with van der Waals surface area (Å²) in [5.74, 6) is 0.387. The summed E-state index contributed by atoms with van der Waals surface area (Å²) < 4.78 is 0. The van der Waals surface area contributed by atoms with Crippen LogP contribution in [0, 0.1) is 0 Å². The number of aliphatic hydroxyl groups excluding tert-OH is 1. The molecule has 0 aliphatic rings. The molecule has 0 bridgehead atoms. The van der Waals surface area contributed by atoms with Gasteiger partial charge in [0.1, 0.15) is 0 Å². The van der Waals surface area contributed by atoms with Gasteiger partial charge in [0.25, 0.3) is 0 Å². The fourth-order valence-electron chi connectivity index (χ4n) is 0.184. The van der Waals surface area contributed by atoms with Crippen LogP contribution in [0.5, 0.6) is 0 Å². The highest BCUT2D eigenvalue weighted by atomic mass is 35.5. The molecule has 0 aromatic rings. The number of rotatable bonds is 3. The van der Waals surface area contributed by atoms with Gasteiger partial charge in [-0.2, -0.15) is 0 Å². The first-order chi connectivity index (χ1) is 3.27. The van der Waals surface area contributed by atoms with Gasteiger partial charge in [0.15, 0.2) is 0 Å². The maximum absolute atomic E-state index is 8.07. The van der Waals surface area contributed by atoms with Crippen molar-refractivity contribution in [2.75, 3.05) is 12.4 Å². The average molecular weight is 162 g/mol. The first-order valence-corrected chi connectivity index (χ1v) is 2.46. The molecule has 52 valence electrons. The fraction of sp³-hybridized carbons (Fsp3) is 1.00. The summed E-state index contributed by atoms with van der Waals surface area (Å²) in [4.78, 5) is 0. The molecule has 8 heavy (non-hydrogen) atoms. The molecule has 0 aromatic carbocycles. The van der Waals surface area contributed by atoms with Gasteiger partial charge >= 0.3 is 0 Å². The van der Waals surface area contributed by atoms with Crippen LogP contribution in [0.3, 0.4) is 0 Å². The lowest BCUT2D eigenvalue weighted by Gasteiger charge is -2.00. The summed E-state index contributed by atoms with van der Waals surface area (Å²) in [6.07, 6.45) is -1.43. The quantitative estimate of drug-likeness (QED) is 0.387. The smallest absolute Gasteiger partial charge is 0.211 e. The van der Waals surface area contributed by atoms with E-state index in [-0.39, 0.29) is 12.4 Å². The molecule has 3 nitrogen and oxygen atoms in total. The molecule has 0 unspecified atom stereocenters. The lowest BCUT2D eigenvalue weighted by molar-refractivity contribution is -0.0641. The van der Waals surface area contributed by atoms with Crippen LogP contribution >= 0.6 is 24.0 Å². The van der Waals surface area contributed by atoms with Crippen LogP contribution in [0.2, 0.25) is 0 Å². The Morgan fingerprint density at radius 2 is 2.00 bits per heavy atom. The Morgan fingerprint density at radius 3 is 2.12 bits per heavy atom. The number of hydrogen-bond donors (Lipinski definition) is 3. The van der Waals surface area contributed by atoms with E-state index in [4.69, 9.17) is 21.8 Å². The SMILES string of the molecule is Cl.OC(O)NCCCl. The van der Waals surface area contributed by atoms with E-state index in [1.165, 1.54) is 0 Å². The topological polar surface area (TPSA) is 52.5 Å². The van der Waals surface area contributed by atoms with Gasteiger partial charge in [-0.05, 0) is 0 Å². The molecule has 0 heterocycles. The first-order valence-electron chi connectivity index (χ1n) is 1.93. The minimum Gasteiger partial charge on any atom is -0.356 e. The zero-order valence-electron chi connectivity index (χ0n) is 4.17. The Balaban J connectivity index is 0. The van der Waals surface area contributed by atoms with Crippen LogP contribution in [-0.4, -0.2) is 29.1 Å². The summed E-state index contributed by atoms with van der Waals surface area (Å²) >= 11 is 5.16. The third kappa shape index (κ3) is 9.68. The monoisotopic (exact) mass is 161 g/mol. The Morgan fingerprint density at radius 1 is 1.50 bits per heavy atom. The third-order valence-electron chi connectivity index (χ3n) is 0.421. The predicted molar refractivity (Wildman–Crippen MR) is 34.2 cm³/mol. The number of aliphatic hydroxyl groups is 2. The van der Waals surface area contributed by atoms with Gasteiger partial charge in [-0.1, -0.05) is 0 Å². The van der Waals surface area contributed by atoms with Gasteiger partial charge in [-0.25, -0.2) is 0 Å². The van der Waals surface area contributed by atoms with E-state index in [1.807, 2.05) is 0 Å². The normalized spacial score (nSPS) is 9.00. The highest BCUT2D eigenvalue weighted by Gasteiger charge is 1.89. The van der Waals surface area contributed by atoms with Crippen molar-refractivity contribution in [1.29, 1.82) is 0 Å². The van der Waals surface area contributed by atoms with Crippen LogP contribution in [0.1, 0.15) is 0 Å². The van der Waals surface area contributed by atoms with E-state index >= 15 is 0 Å². The summed E-state index contributed by atoms with van der Waals surface area (Å²) in [7, 11) is 0. The molecular weight excluding hydrogens is 153 g/mol. The van der Waals surface area contributed by atoms with Gasteiger partial charge in [0.2, 0.25) is 6.41 Å². The van der Waals surface area contributed by atoms with Gasteiger partial charge in [-0.15, -0.1) is 24.0 Å². The van der Waals surface area contributed by atoms with E-state index < -0.39 is 6.41 Å². The second-order valence-electron chi connectivity index (χ2n) is 1.02. The van der Waals surface area contributed by atoms with Crippen molar-refractivity contribution in [2.45, 2.75) is 6.41 Å². The van der Waals surface area contributed by atoms with Crippen molar-refractivity contribution in [3.8, 4) is 0 Å². The maximum Gasteiger partial charge on any atom is 0.211 e. The molecule has 0 aromatic heterocycles. The second-order valence-corrected chi connectivity index (χ2v) is 1.39. The molecule has 3 N–H and O–H groups in total. The number of halogens is 2. The molecule has 0 aliphatic carbocycles. The zero-order chi connectivity index (χ0) is 5.70. The van der Waals surface area contributed by atoms with E-state index in [9.17, 15) is 0 Å². The molecule has 0 aliphatic heterocycles. The maximum atomic E-state index is 8.07. The van der Waals surface area contributed by atoms with Gasteiger partial charge < -0.3 is 10.2 Å². The lowest BCUT2D eigenvalue weighted by atomic mass is 10.7. The molecule has 0 rings (SSSR count). The summed E-state index contributed by atoms with van der Waals surface area (Å²) in [6, 6.07) is 0. The van der Waals surface area contributed by atoms with Crippen molar-refractivity contribution >= 4 is 24.0 Å². The molecule has 0 atom stereocenters. The van der Waals surface area contributed by atoms with Crippen LogP contribution in [0.15, 0.2) is 0 Å². The van der Waals surface area contributed by atoms with E-state index in [0.717, 1.165) is 0 Å². The largest absolute Gasteiger partial charge is 0.356 e. The lowest BCUT2D eigenvalue weighted by Crippen LogP contribution is -2.29. The van der Waals surface area contributed by atoms with Gasteiger partial charge in [0, 0.05) is 12.4 Å². The summed E-state index contributed by atoms with van der Waals surface area (Å²) in [5, 5.41) is 18.4. The van der Waals surface area contributed by atoms with Crippen molar-refractivity contribution in [1.82, 2.24) is 5.32 Å². The average Bonchev–Trinajstić information content (AvgIpc) is 1.61. The number of hydrogen-bond acceptors (Lipinski definition) is 3. The first kappa shape index (κ1) is 11.3. The highest BCUT2D eigenvalue weighted by Crippen LogP contribution is 1.70. The van der Waals surface area contributed by atoms with Crippen molar-refractivity contribution < 1.29 is 10.2 Å². The number of nitrogens with one attached hydrogen (secondary N) is 1. The zero-order valence-corrected chi connectivity index (χ0v) is 5.74. The minimum atomic E-state index is -1.43. The van der Waals surface area contributed by atoms with Gasteiger partial charge in [-0.3, -0.25) is 5.32 Å². The van der Waals surface area contributed by atoms with Gasteiger partial charge in [0.05, 0.1) is 0 Å². The van der Waals surface area contributed by atoms with E-state index in [1.54, 1.807) is 0 Å². The van der Waals surface area contributed by atoms with Crippen molar-refractivity contribution in [3.05, 3.63) is 0 Å². The molecular formula is C3H9Cl2NO2. The Labute approximate surface area is 59.1 Å². The molecule has 0 spiro atoms. The Bertz CT molecular complexity index is 44.3. The van der Waals surface area contributed by atoms with Crippen LogP contribution in [0.25, 0.3) is 0 Å². The molecule has 5 heteroatoms. The minimum absolute atomic E-state index is 0. The van der Waals surface area contributed by atoms with Crippen LogP contribution < -0.4 is 5.32 Å². The van der Waals surface area contributed by atoms with E-state index in [0.29, 0.717) is 12.4 Å². The predicted octanol–water partition coefficient (Wildman–Crippen LogP) is -0.495. The summed E-state index contributed by atoms with van der Waals surface area (Å²) in [6.45, 7) is 0.416. The van der Waals surface area contributed by atoms with Crippen molar-refractivity contribution in [3.63, 3.8) is 0 Å². The Hall–Kier alpha value is 0.460. The standard InChI is InChI=1S/C3H8ClNO2.ClH/c4-1-2-5-3(6)7;/h3,5-7H,1-2H2;1H. The molecule has 0 radical (unpaired) electrons. The fourth-order valence-corrected chi connectivity index (χ4v) is 0.293. The Kier molecular flexibility index (Phi) is 10.5. The van der Waals surface area contributed by atoms with Crippen molar-refractivity contribution in [2.24, 2.45) is 0 Å². The second kappa shape index (κ2) is 7.46. The molecule has 0 fully saturated rings. The summed E-state index contributed by atoms with van der Waals surface area (Å²) in [5.41, 5.74) is 0. The number of alkyl halides is 1. The van der Waals surface area contributed by atoms with Crippen LogP contribution in [0.4, 0.5) is 0 Å². The molecule has 0 saturated heterocycles. The van der Waals surface area contributed by atoms with E-state index in [2.05, 4.69) is 5.32 Å². The molecule has 0 amide bonds. The molecule has 0 saturated carbocycles.